The number of hydrogen-bond donors (Lipinski definition) is 1. The number of thioether (sulfide) groups is 1. The predicted molar refractivity (Wildman–Crippen MR) is 121 cm³/mol. The average molecular weight is 458 g/mol. The Balaban J connectivity index is 1.40. The summed E-state index contributed by atoms with van der Waals surface area (Å²) in [6.45, 7) is 0.356. The van der Waals surface area contributed by atoms with Crippen LogP contribution in [0.2, 0.25) is 0 Å². The first-order chi connectivity index (χ1) is 15.5. The van der Waals surface area contributed by atoms with Gasteiger partial charge < -0.3 is 14.8 Å². The summed E-state index contributed by atoms with van der Waals surface area (Å²) in [5.74, 6) is 1.41. The standard InChI is InChI=1S/C23H24FN3O4S/c1-30-19-11-16-18(12-20(19)31-2)25-13-27(23(16)29)8-3-4-22(28)26-17-7-9-32-21-6-5-14(24)10-15(17)21/h5-6,10-13,17H,3-4,7-9H2,1-2H3,(H,26,28). The van der Waals surface area contributed by atoms with Crippen LogP contribution in [0.4, 0.5) is 4.39 Å². The number of aromatic nitrogens is 2. The Bertz CT molecular complexity index is 1210. The Morgan fingerprint density at radius 3 is 2.81 bits per heavy atom. The van der Waals surface area contributed by atoms with Crippen LogP contribution in [0.15, 0.2) is 46.3 Å². The molecule has 1 N–H and O–H groups in total. The summed E-state index contributed by atoms with van der Waals surface area (Å²) in [5.41, 5.74) is 1.14. The highest BCUT2D eigenvalue weighted by Gasteiger charge is 2.22. The van der Waals surface area contributed by atoms with Crippen LogP contribution in [0, 0.1) is 5.82 Å². The molecule has 0 aliphatic carbocycles. The van der Waals surface area contributed by atoms with Gasteiger partial charge in [0.05, 0.1) is 37.5 Å². The lowest BCUT2D eigenvalue weighted by Gasteiger charge is -2.26. The Hall–Kier alpha value is -3.07. The smallest absolute Gasteiger partial charge is 0.261 e. The van der Waals surface area contributed by atoms with Crippen molar-refractivity contribution in [2.75, 3.05) is 20.0 Å². The number of rotatable bonds is 7. The van der Waals surface area contributed by atoms with Gasteiger partial charge in [0.2, 0.25) is 5.91 Å². The number of carbonyl (C=O) groups excluding carboxylic acids is 1. The Morgan fingerprint density at radius 1 is 1.25 bits per heavy atom. The van der Waals surface area contributed by atoms with Crippen LogP contribution in [0.5, 0.6) is 11.5 Å². The molecular weight excluding hydrogens is 433 g/mol. The van der Waals surface area contributed by atoms with Crippen LogP contribution in [0.3, 0.4) is 0 Å². The fourth-order valence-electron chi connectivity index (χ4n) is 3.84. The summed E-state index contributed by atoms with van der Waals surface area (Å²) >= 11 is 1.67. The molecule has 4 rings (SSSR count). The maximum atomic E-state index is 13.7. The van der Waals surface area contributed by atoms with Gasteiger partial charge in [-0.1, -0.05) is 0 Å². The number of ether oxygens (including phenoxy) is 2. The minimum absolute atomic E-state index is 0.120. The summed E-state index contributed by atoms with van der Waals surface area (Å²) in [5, 5.41) is 3.43. The zero-order valence-electron chi connectivity index (χ0n) is 17.9. The van der Waals surface area contributed by atoms with Gasteiger partial charge in [-0.25, -0.2) is 9.37 Å². The quantitative estimate of drug-likeness (QED) is 0.583. The zero-order chi connectivity index (χ0) is 22.7. The van der Waals surface area contributed by atoms with Crippen LogP contribution < -0.4 is 20.3 Å². The molecule has 9 heteroatoms. The first-order valence-corrected chi connectivity index (χ1v) is 11.3. The monoisotopic (exact) mass is 457 g/mol. The lowest BCUT2D eigenvalue weighted by Crippen LogP contribution is -2.31. The molecule has 0 saturated heterocycles. The largest absolute Gasteiger partial charge is 0.493 e. The van der Waals surface area contributed by atoms with Crippen LogP contribution in [-0.2, 0) is 11.3 Å². The maximum absolute atomic E-state index is 13.7. The fraction of sp³-hybridized carbons (Fsp3) is 0.348. The van der Waals surface area contributed by atoms with Crippen LogP contribution in [0.1, 0.15) is 30.9 Å². The van der Waals surface area contributed by atoms with E-state index in [9.17, 15) is 14.0 Å². The molecule has 0 saturated carbocycles. The molecule has 168 valence electrons. The number of halogens is 1. The molecule has 2 heterocycles. The first kappa shape index (κ1) is 22.1. The molecule has 1 aliphatic heterocycles. The third kappa shape index (κ3) is 4.57. The molecule has 0 spiro atoms. The van der Waals surface area contributed by atoms with Crippen molar-refractivity contribution in [1.29, 1.82) is 0 Å². The lowest BCUT2D eigenvalue weighted by atomic mass is 10.0. The highest BCUT2D eigenvalue weighted by atomic mass is 32.2. The number of nitrogens with one attached hydrogen (secondary N) is 1. The van der Waals surface area contributed by atoms with Crippen LogP contribution in [0.25, 0.3) is 10.9 Å². The van der Waals surface area contributed by atoms with E-state index in [1.165, 1.54) is 37.2 Å². The number of methoxy groups -OCH3 is 2. The SMILES string of the molecule is COc1cc2ncn(CCCC(=O)NC3CCSc4ccc(F)cc43)c(=O)c2cc1OC. The third-order valence-electron chi connectivity index (χ3n) is 5.48. The second kappa shape index (κ2) is 9.60. The van der Waals surface area contributed by atoms with E-state index in [-0.39, 0.29) is 29.7 Å². The fourth-order valence-corrected chi connectivity index (χ4v) is 4.94. The van der Waals surface area contributed by atoms with Crippen molar-refractivity contribution >= 4 is 28.6 Å². The molecule has 3 aromatic rings. The average Bonchev–Trinajstić information content (AvgIpc) is 2.80. The van der Waals surface area contributed by atoms with Gasteiger partial charge in [-0.3, -0.25) is 14.2 Å². The van der Waals surface area contributed by atoms with Gasteiger partial charge in [0.25, 0.3) is 5.56 Å². The summed E-state index contributed by atoms with van der Waals surface area (Å²) in [6.07, 6.45) is 2.96. The highest BCUT2D eigenvalue weighted by Crippen LogP contribution is 2.36. The van der Waals surface area contributed by atoms with Gasteiger partial charge in [0.15, 0.2) is 11.5 Å². The van der Waals surface area contributed by atoms with E-state index in [4.69, 9.17) is 9.47 Å². The molecule has 7 nitrogen and oxygen atoms in total. The normalized spacial score (nSPS) is 15.3. The van der Waals surface area contributed by atoms with Crippen LogP contribution >= 0.6 is 11.8 Å². The van der Waals surface area contributed by atoms with E-state index in [0.717, 1.165) is 22.6 Å². The molecule has 0 radical (unpaired) electrons. The van der Waals surface area contributed by atoms with Crippen molar-refractivity contribution in [2.24, 2.45) is 0 Å². The first-order valence-electron chi connectivity index (χ1n) is 10.3. The Kier molecular flexibility index (Phi) is 6.64. The van der Waals surface area contributed by atoms with Crippen molar-refractivity contribution < 1.29 is 18.7 Å². The Labute approximate surface area is 188 Å². The second-order valence-electron chi connectivity index (χ2n) is 7.51. The topological polar surface area (TPSA) is 82.5 Å². The van der Waals surface area contributed by atoms with E-state index in [0.29, 0.717) is 35.4 Å². The van der Waals surface area contributed by atoms with E-state index >= 15 is 0 Å². The summed E-state index contributed by atoms with van der Waals surface area (Å²) in [7, 11) is 3.03. The summed E-state index contributed by atoms with van der Waals surface area (Å²) in [4.78, 5) is 30.7. The lowest BCUT2D eigenvalue weighted by molar-refractivity contribution is -0.122. The predicted octanol–water partition coefficient (Wildman–Crippen LogP) is 3.69. The summed E-state index contributed by atoms with van der Waals surface area (Å²) < 4.78 is 25.7. The van der Waals surface area contributed by atoms with Gasteiger partial charge in [0, 0.05) is 29.7 Å². The zero-order valence-corrected chi connectivity index (χ0v) is 18.7. The van der Waals surface area contributed by atoms with Crippen LogP contribution in [-0.4, -0.2) is 35.4 Å². The van der Waals surface area contributed by atoms with E-state index in [1.54, 1.807) is 30.0 Å². The molecule has 0 bridgehead atoms. The van der Waals surface area contributed by atoms with E-state index in [1.807, 2.05) is 0 Å². The van der Waals surface area contributed by atoms with Crippen molar-refractivity contribution in [3.63, 3.8) is 0 Å². The number of amides is 1. The molecule has 1 aliphatic rings. The van der Waals surface area contributed by atoms with Gasteiger partial charge in [-0.05, 0) is 42.7 Å². The molecule has 0 fully saturated rings. The maximum Gasteiger partial charge on any atom is 0.261 e. The molecule has 2 aromatic carbocycles. The Morgan fingerprint density at radius 2 is 2.03 bits per heavy atom. The molecule has 1 amide bonds. The third-order valence-corrected chi connectivity index (χ3v) is 6.60. The number of aryl methyl sites for hydroxylation is 1. The molecule has 32 heavy (non-hydrogen) atoms. The number of nitrogens with zero attached hydrogens (tertiary/aromatic N) is 2. The number of carbonyl (C=O) groups is 1. The molecular formula is C23H24FN3O4S. The minimum atomic E-state index is -0.303. The number of hydrogen-bond acceptors (Lipinski definition) is 6. The van der Waals surface area contributed by atoms with Gasteiger partial charge in [-0.15, -0.1) is 11.8 Å². The van der Waals surface area contributed by atoms with E-state index < -0.39 is 0 Å². The van der Waals surface area contributed by atoms with Gasteiger partial charge >= 0.3 is 0 Å². The molecule has 1 atom stereocenters. The van der Waals surface area contributed by atoms with Crippen molar-refractivity contribution in [3.05, 3.63) is 58.4 Å². The van der Waals surface area contributed by atoms with Crippen molar-refractivity contribution in [3.8, 4) is 11.5 Å². The van der Waals surface area contributed by atoms with Crippen molar-refractivity contribution in [1.82, 2.24) is 14.9 Å². The van der Waals surface area contributed by atoms with E-state index in [2.05, 4.69) is 10.3 Å². The molecule has 1 unspecified atom stereocenters. The molecule has 1 aromatic heterocycles. The number of benzene rings is 2. The summed E-state index contributed by atoms with van der Waals surface area (Å²) in [6, 6.07) is 7.78. The van der Waals surface area contributed by atoms with Gasteiger partial charge in [0.1, 0.15) is 5.82 Å². The number of fused-ring (bicyclic) bond motifs is 2. The second-order valence-corrected chi connectivity index (χ2v) is 8.65. The van der Waals surface area contributed by atoms with Crippen molar-refractivity contribution in [2.45, 2.75) is 36.7 Å². The van der Waals surface area contributed by atoms with Gasteiger partial charge in [-0.2, -0.15) is 0 Å². The highest BCUT2D eigenvalue weighted by molar-refractivity contribution is 7.99. The minimum Gasteiger partial charge on any atom is -0.493 e.